The minimum absolute atomic E-state index is 0.531. The molecule has 1 aromatic carbocycles. The van der Waals surface area contributed by atoms with Gasteiger partial charge in [0.05, 0.1) is 11.4 Å². The Morgan fingerprint density at radius 2 is 2.06 bits per heavy atom. The SMILES string of the molecule is Cc1ccccc1SCc1nc(C(C)C)cs1. The first kappa shape index (κ1) is 12.7. The van der Waals surface area contributed by atoms with Crippen LogP contribution in [0.25, 0.3) is 0 Å². The first-order valence-electron chi connectivity index (χ1n) is 5.79. The highest BCUT2D eigenvalue weighted by molar-refractivity contribution is 7.98. The molecule has 1 aromatic heterocycles. The van der Waals surface area contributed by atoms with Crippen LogP contribution >= 0.6 is 23.1 Å². The summed E-state index contributed by atoms with van der Waals surface area (Å²) < 4.78 is 0. The Balaban J connectivity index is 2.00. The van der Waals surface area contributed by atoms with Crippen molar-refractivity contribution in [1.29, 1.82) is 0 Å². The number of aromatic nitrogens is 1. The minimum atomic E-state index is 0.531. The molecule has 0 atom stereocenters. The van der Waals surface area contributed by atoms with Gasteiger partial charge in [0.1, 0.15) is 5.01 Å². The van der Waals surface area contributed by atoms with Crippen LogP contribution in [0, 0.1) is 6.92 Å². The molecular formula is C14H17NS2. The van der Waals surface area contributed by atoms with Gasteiger partial charge in [-0.2, -0.15) is 0 Å². The number of thioether (sulfide) groups is 1. The Bertz CT molecular complexity index is 488. The summed E-state index contributed by atoms with van der Waals surface area (Å²) in [4.78, 5) is 6.01. The zero-order valence-corrected chi connectivity index (χ0v) is 12.1. The fraction of sp³-hybridized carbons (Fsp3) is 0.357. The van der Waals surface area contributed by atoms with Crippen LogP contribution in [0.3, 0.4) is 0 Å². The Labute approximate surface area is 111 Å². The molecule has 1 heterocycles. The number of aryl methyl sites for hydroxylation is 1. The molecule has 0 saturated heterocycles. The van der Waals surface area contributed by atoms with Crippen molar-refractivity contribution in [2.45, 2.75) is 37.3 Å². The van der Waals surface area contributed by atoms with E-state index >= 15 is 0 Å². The van der Waals surface area contributed by atoms with Crippen molar-refractivity contribution in [2.75, 3.05) is 0 Å². The molecule has 0 fully saturated rings. The van der Waals surface area contributed by atoms with Gasteiger partial charge in [-0.1, -0.05) is 32.0 Å². The Morgan fingerprint density at radius 1 is 1.29 bits per heavy atom. The Kier molecular flexibility index (Phi) is 4.24. The molecule has 0 unspecified atom stereocenters. The average Bonchev–Trinajstić information content (AvgIpc) is 2.77. The fourth-order valence-corrected chi connectivity index (χ4v) is 3.52. The van der Waals surface area contributed by atoms with Crippen molar-refractivity contribution in [3.63, 3.8) is 0 Å². The first-order chi connectivity index (χ1) is 8.16. The summed E-state index contributed by atoms with van der Waals surface area (Å²) in [5.74, 6) is 1.51. The van der Waals surface area contributed by atoms with Gasteiger partial charge in [0.15, 0.2) is 0 Å². The summed E-state index contributed by atoms with van der Waals surface area (Å²) in [6, 6.07) is 8.51. The maximum Gasteiger partial charge on any atom is 0.103 e. The maximum absolute atomic E-state index is 4.65. The first-order valence-corrected chi connectivity index (χ1v) is 7.66. The van der Waals surface area contributed by atoms with Crippen molar-refractivity contribution < 1.29 is 0 Å². The van der Waals surface area contributed by atoms with E-state index < -0.39 is 0 Å². The lowest BCUT2D eigenvalue weighted by Gasteiger charge is -2.03. The second-order valence-corrected chi connectivity index (χ2v) is 6.33. The summed E-state index contributed by atoms with van der Waals surface area (Å²) >= 11 is 3.64. The predicted octanol–water partition coefficient (Wildman–Crippen LogP) is 4.87. The smallest absolute Gasteiger partial charge is 0.103 e. The largest absolute Gasteiger partial charge is 0.245 e. The highest BCUT2D eigenvalue weighted by Crippen LogP contribution is 2.28. The van der Waals surface area contributed by atoms with Gasteiger partial charge in [0.25, 0.3) is 0 Å². The summed E-state index contributed by atoms with van der Waals surface area (Å²) in [5.41, 5.74) is 2.56. The minimum Gasteiger partial charge on any atom is -0.245 e. The molecular weight excluding hydrogens is 246 g/mol. The molecule has 0 aliphatic rings. The lowest BCUT2D eigenvalue weighted by molar-refractivity contribution is 0.828. The number of benzene rings is 1. The molecule has 0 aliphatic carbocycles. The second-order valence-electron chi connectivity index (χ2n) is 4.37. The molecule has 1 nitrogen and oxygen atoms in total. The summed E-state index contributed by atoms with van der Waals surface area (Å²) in [6.45, 7) is 6.53. The quantitative estimate of drug-likeness (QED) is 0.730. The van der Waals surface area contributed by atoms with Gasteiger partial charge < -0.3 is 0 Å². The highest BCUT2D eigenvalue weighted by atomic mass is 32.2. The van der Waals surface area contributed by atoms with Crippen LogP contribution in [0.5, 0.6) is 0 Å². The molecule has 0 bridgehead atoms. The van der Waals surface area contributed by atoms with E-state index in [2.05, 4.69) is 55.4 Å². The van der Waals surface area contributed by atoms with E-state index in [0.29, 0.717) is 5.92 Å². The topological polar surface area (TPSA) is 12.9 Å². The van der Waals surface area contributed by atoms with Crippen molar-refractivity contribution in [2.24, 2.45) is 0 Å². The van der Waals surface area contributed by atoms with E-state index in [9.17, 15) is 0 Å². The van der Waals surface area contributed by atoms with Gasteiger partial charge in [-0.05, 0) is 24.5 Å². The van der Waals surface area contributed by atoms with E-state index in [0.717, 1.165) is 5.75 Å². The zero-order valence-electron chi connectivity index (χ0n) is 10.4. The Morgan fingerprint density at radius 3 is 2.71 bits per heavy atom. The van der Waals surface area contributed by atoms with Crippen LogP contribution < -0.4 is 0 Å². The third-order valence-corrected chi connectivity index (χ3v) is 4.84. The van der Waals surface area contributed by atoms with E-state index in [1.807, 2.05) is 11.8 Å². The van der Waals surface area contributed by atoms with Crippen molar-refractivity contribution in [1.82, 2.24) is 4.98 Å². The van der Waals surface area contributed by atoms with E-state index in [4.69, 9.17) is 0 Å². The maximum atomic E-state index is 4.65. The third kappa shape index (κ3) is 3.33. The van der Waals surface area contributed by atoms with Crippen LogP contribution in [0.15, 0.2) is 34.5 Å². The van der Waals surface area contributed by atoms with Gasteiger partial charge in [-0.15, -0.1) is 23.1 Å². The normalized spacial score (nSPS) is 11.1. The van der Waals surface area contributed by atoms with Crippen molar-refractivity contribution in [3.8, 4) is 0 Å². The lowest BCUT2D eigenvalue weighted by atomic mass is 10.2. The molecule has 0 saturated carbocycles. The molecule has 2 rings (SSSR count). The molecule has 0 aliphatic heterocycles. The lowest BCUT2D eigenvalue weighted by Crippen LogP contribution is -1.88. The van der Waals surface area contributed by atoms with Gasteiger partial charge in [0, 0.05) is 10.3 Å². The molecule has 2 aromatic rings. The van der Waals surface area contributed by atoms with Crippen LogP contribution in [0.1, 0.15) is 36.0 Å². The predicted molar refractivity (Wildman–Crippen MR) is 76.9 cm³/mol. The van der Waals surface area contributed by atoms with Crippen LogP contribution in [0.2, 0.25) is 0 Å². The zero-order chi connectivity index (χ0) is 12.3. The molecule has 0 radical (unpaired) electrons. The fourth-order valence-electron chi connectivity index (χ4n) is 1.51. The molecule has 0 N–H and O–H groups in total. The summed E-state index contributed by atoms with van der Waals surface area (Å²) in [6.07, 6.45) is 0. The van der Waals surface area contributed by atoms with E-state index in [1.165, 1.54) is 21.2 Å². The monoisotopic (exact) mass is 263 g/mol. The number of nitrogens with zero attached hydrogens (tertiary/aromatic N) is 1. The van der Waals surface area contributed by atoms with E-state index in [1.54, 1.807) is 11.3 Å². The molecule has 90 valence electrons. The molecule has 0 spiro atoms. The van der Waals surface area contributed by atoms with Crippen LogP contribution in [0.4, 0.5) is 0 Å². The number of rotatable bonds is 4. The van der Waals surface area contributed by atoms with Crippen LogP contribution in [-0.2, 0) is 5.75 Å². The van der Waals surface area contributed by atoms with Gasteiger partial charge in [0.2, 0.25) is 0 Å². The highest BCUT2D eigenvalue weighted by Gasteiger charge is 2.06. The number of hydrogen-bond acceptors (Lipinski definition) is 3. The third-order valence-electron chi connectivity index (χ3n) is 2.61. The van der Waals surface area contributed by atoms with Gasteiger partial charge in [-0.3, -0.25) is 0 Å². The summed E-state index contributed by atoms with van der Waals surface area (Å²) in [5, 5.41) is 3.40. The molecule has 17 heavy (non-hydrogen) atoms. The average molecular weight is 263 g/mol. The van der Waals surface area contributed by atoms with E-state index in [-0.39, 0.29) is 0 Å². The van der Waals surface area contributed by atoms with Crippen LogP contribution in [-0.4, -0.2) is 4.98 Å². The Hall–Kier alpha value is -0.800. The summed E-state index contributed by atoms with van der Waals surface area (Å²) in [7, 11) is 0. The van der Waals surface area contributed by atoms with Gasteiger partial charge in [-0.25, -0.2) is 4.98 Å². The number of hydrogen-bond donors (Lipinski definition) is 0. The molecule has 3 heteroatoms. The number of thiazole rings is 1. The second kappa shape index (κ2) is 5.69. The molecule has 0 amide bonds. The van der Waals surface area contributed by atoms with Crippen molar-refractivity contribution >= 4 is 23.1 Å². The van der Waals surface area contributed by atoms with Crippen molar-refractivity contribution in [3.05, 3.63) is 45.9 Å². The standard InChI is InChI=1S/C14H17NS2/c1-10(2)12-8-17-14(15-12)9-16-13-7-5-4-6-11(13)3/h4-8,10H,9H2,1-3H3. The van der Waals surface area contributed by atoms with Gasteiger partial charge >= 0.3 is 0 Å².